The average molecular weight is 380 g/mol. The predicted molar refractivity (Wildman–Crippen MR) is 103 cm³/mol. The lowest BCUT2D eigenvalue weighted by Gasteiger charge is -2.31. The Bertz CT molecular complexity index is 650. The lowest BCUT2D eigenvalue weighted by atomic mass is 9.74. The minimum Gasteiger partial charge on any atom is -0.498 e. The molecule has 27 heavy (non-hydrogen) atoms. The van der Waals surface area contributed by atoms with Gasteiger partial charge in [0.05, 0.1) is 19.0 Å². The minimum atomic E-state index is -1.09. The van der Waals surface area contributed by atoms with Crippen LogP contribution >= 0.6 is 0 Å². The summed E-state index contributed by atoms with van der Waals surface area (Å²) in [6.07, 6.45) is 4.70. The first-order valence-electron chi connectivity index (χ1n) is 9.43. The van der Waals surface area contributed by atoms with E-state index in [1.54, 1.807) is 0 Å². The third kappa shape index (κ3) is 6.06. The second-order valence-corrected chi connectivity index (χ2v) is 7.66. The van der Waals surface area contributed by atoms with Crippen molar-refractivity contribution in [1.82, 2.24) is 0 Å². The average Bonchev–Trinajstić information content (AvgIpc) is 2.70. The first kappa shape index (κ1) is 21.4. The van der Waals surface area contributed by atoms with Crippen molar-refractivity contribution in [3.8, 4) is 5.75 Å². The second-order valence-electron chi connectivity index (χ2n) is 7.66. The topological polar surface area (TPSA) is 38.7 Å². The molecule has 0 fully saturated rings. The molecule has 0 amide bonds. The molecule has 0 saturated carbocycles. The van der Waals surface area contributed by atoms with Gasteiger partial charge in [0, 0.05) is 17.8 Å². The maximum atomic E-state index is 12.5. The molecule has 1 aliphatic rings. The van der Waals surface area contributed by atoms with Gasteiger partial charge in [-0.2, -0.15) is 0 Å². The van der Waals surface area contributed by atoms with Crippen LogP contribution < -0.4 is 4.74 Å². The summed E-state index contributed by atoms with van der Waals surface area (Å²) in [6.45, 7) is 5.35. The SMILES string of the molecule is CC(CF)COC1=CC=C(C(C)(C)c2ccc(OCC(O)CF)cc2)CC1. The highest BCUT2D eigenvalue weighted by molar-refractivity contribution is 5.40. The van der Waals surface area contributed by atoms with Gasteiger partial charge in [0.15, 0.2) is 0 Å². The van der Waals surface area contributed by atoms with Crippen molar-refractivity contribution in [2.45, 2.75) is 45.1 Å². The number of aliphatic hydroxyl groups is 1. The highest BCUT2D eigenvalue weighted by Gasteiger charge is 2.27. The fourth-order valence-corrected chi connectivity index (χ4v) is 2.94. The fraction of sp³-hybridized carbons (Fsp3) is 0.545. The fourth-order valence-electron chi connectivity index (χ4n) is 2.94. The van der Waals surface area contributed by atoms with E-state index < -0.39 is 12.8 Å². The molecule has 0 aliphatic heterocycles. The molecule has 2 atom stereocenters. The molecular formula is C22H30F2O3. The van der Waals surface area contributed by atoms with Crippen LogP contribution in [0, 0.1) is 5.92 Å². The van der Waals surface area contributed by atoms with Gasteiger partial charge in [0.25, 0.3) is 0 Å². The van der Waals surface area contributed by atoms with E-state index in [-0.39, 0.29) is 24.6 Å². The van der Waals surface area contributed by atoms with Crippen LogP contribution in [0.1, 0.15) is 39.2 Å². The van der Waals surface area contributed by atoms with Gasteiger partial charge in [-0.05, 0) is 30.2 Å². The van der Waals surface area contributed by atoms with Crippen molar-refractivity contribution < 1.29 is 23.4 Å². The number of ether oxygens (including phenoxy) is 2. The van der Waals surface area contributed by atoms with Crippen molar-refractivity contribution >= 4 is 0 Å². The monoisotopic (exact) mass is 380 g/mol. The van der Waals surface area contributed by atoms with E-state index in [9.17, 15) is 13.9 Å². The molecule has 1 aromatic rings. The van der Waals surface area contributed by atoms with Crippen LogP contribution in [-0.4, -0.2) is 37.8 Å². The zero-order chi connectivity index (χ0) is 19.9. The van der Waals surface area contributed by atoms with Crippen LogP contribution in [0.25, 0.3) is 0 Å². The highest BCUT2D eigenvalue weighted by Crippen LogP contribution is 2.37. The maximum absolute atomic E-state index is 12.5. The Hall–Kier alpha value is -1.88. The highest BCUT2D eigenvalue weighted by atomic mass is 19.1. The third-order valence-corrected chi connectivity index (χ3v) is 4.93. The zero-order valence-corrected chi connectivity index (χ0v) is 16.4. The molecule has 2 unspecified atom stereocenters. The Balaban J connectivity index is 2.00. The van der Waals surface area contributed by atoms with Crippen LogP contribution in [0.4, 0.5) is 8.78 Å². The molecule has 1 aromatic carbocycles. The van der Waals surface area contributed by atoms with E-state index in [2.05, 4.69) is 19.9 Å². The number of benzene rings is 1. The molecule has 0 bridgehead atoms. The largest absolute Gasteiger partial charge is 0.498 e. The van der Waals surface area contributed by atoms with Gasteiger partial charge in [-0.15, -0.1) is 0 Å². The van der Waals surface area contributed by atoms with Crippen molar-refractivity contribution in [2.24, 2.45) is 5.92 Å². The lowest BCUT2D eigenvalue weighted by Crippen LogP contribution is -2.22. The zero-order valence-electron chi connectivity index (χ0n) is 16.4. The Morgan fingerprint density at radius 3 is 2.26 bits per heavy atom. The summed E-state index contributed by atoms with van der Waals surface area (Å²) in [4.78, 5) is 0. The Labute approximate surface area is 160 Å². The van der Waals surface area contributed by atoms with E-state index in [0.29, 0.717) is 12.4 Å². The number of alkyl halides is 2. The molecular weight excluding hydrogens is 350 g/mol. The van der Waals surface area contributed by atoms with Crippen LogP contribution in [-0.2, 0) is 10.2 Å². The standard InChI is InChI=1S/C22H30F2O3/c1-16(12-23)14-26-20-8-4-17(5-9-20)22(2,3)18-6-10-21(11-7-18)27-15-19(25)13-24/h4,6-8,10-11,16,19,25H,5,9,12-15H2,1-3H3. The van der Waals surface area contributed by atoms with Gasteiger partial charge in [0.2, 0.25) is 0 Å². The summed E-state index contributed by atoms with van der Waals surface area (Å²) in [7, 11) is 0. The van der Waals surface area contributed by atoms with Gasteiger partial charge in [0.1, 0.15) is 25.1 Å². The summed E-state index contributed by atoms with van der Waals surface area (Å²) in [5.74, 6) is 1.43. The van der Waals surface area contributed by atoms with Crippen molar-refractivity contribution in [2.75, 3.05) is 26.6 Å². The van der Waals surface area contributed by atoms with Gasteiger partial charge in [-0.25, -0.2) is 4.39 Å². The predicted octanol–water partition coefficient (Wildman–Crippen LogP) is 4.90. The first-order valence-corrected chi connectivity index (χ1v) is 9.43. The van der Waals surface area contributed by atoms with E-state index in [1.165, 1.54) is 5.57 Å². The van der Waals surface area contributed by atoms with Crippen LogP contribution in [0.15, 0.2) is 47.7 Å². The molecule has 0 aromatic heterocycles. The molecule has 150 valence electrons. The summed E-state index contributed by atoms with van der Waals surface area (Å²) in [5.41, 5.74) is 2.30. The molecule has 0 heterocycles. The molecule has 0 spiro atoms. The molecule has 2 rings (SSSR count). The molecule has 0 radical (unpaired) electrons. The summed E-state index contributed by atoms with van der Waals surface area (Å²) < 4.78 is 35.9. The number of hydrogen-bond acceptors (Lipinski definition) is 3. The smallest absolute Gasteiger partial charge is 0.119 e. The minimum absolute atomic E-state index is 0.0566. The van der Waals surface area contributed by atoms with Crippen LogP contribution in [0.2, 0.25) is 0 Å². The van der Waals surface area contributed by atoms with Crippen LogP contribution in [0.5, 0.6) is 5.75 Å². The van der Waals surface area contributed by atoms with Crippen molar-refractivity contribution in [1.29, 1.82) is 0 Å². The molecule has 5 heteroatoms. The molecule has 1 aliphatic carbocycles. The van der Waals surface area contributed by atoms with Gasteiger partial charge in [-0.3, -0.25) is 4.39 Å². The molecule has 0 saturated heterocycles. The Kier molecular flexibility index (Phi) is 7.84. The number of allylic oxidation sites excluding steroid dienone is 4. The summed E-state index contributed by atoms with van der Waals surface area (Å²) in [6, 6.07) is 7.68. The van der Waals surface area contributed by atoms with Gasteiger partial charge in [-0.1, -0.05) is 44.6 Å². The summed E-state index contributed by atoms with van der Waals surface area (Å²) in [5, 5.41) is 9.24. The Morgan fingerprint density at radius 1 is 1.00 bits per heavy atom. The first-order chi connectivity index (χ1) is 12.9. The summed E-state index contributed by atoms with van der Waals surface area (Å²) >= 11 is 0. The number of halogens is 2. The lowest BCUT2D eigenvalue weighted by molar-refractivity contribution is 0.0842. The molecule has 3 nitrogen and oxygen atoms in total. The number of aliphatic hydroxyl groups excluding tert-OH is 1. The quantitative estimate of drug-likeness (QED) is 0.627. The van der Waals surface area contributed by atoms with Crippen LogP contribution in [0.3, 0.4) is 0 Å². The van der Waals surface area contributed by atoms with E-state index in [0.717, 1.165) is 24.2 Å². The van der Waals surface area contributed by atoms with E-state index >= 15 is 0 Å². The third-order valence-electron chi connectivity index (χ3n) is 4.93. The van der Waals surface area contributed by atoms with Gasteiger partial charge >= 0.3 is 0 Å². The second kappa shape index (κ2) is 9.88. The van der Waals surface area contributed by atoms with E-state index in [1.807, 2.05) is 37.3 Å². The number of hydrogen-bond donors (Lipinski definition) is 1. The van der Waals surface area contributed by atoms with E-state index in [4.69, 9.17) is 9.47 Å². The molecule has 1 N–H and O–H groups in total. The normalized spacial score (nSPS) is 17.0. The van der Waals surface area contributed by atoms with Crippen molar-refractivity contribution in [3.05, 3.63) is 53.3 Å². The Morgan fingerprint density at radius 2 is 1.70 bits per heavy atom. The maximum Gasteiger partial charge on any atom is 0.119 e. The van der Waals surface area contributed by atoms with Crippen molar-refractivity contribution in [3.63, 3.8) is 0 Å². The number of rotatable bonds is 10. The van der Waals surface area contributed by atoms with Gasteiger partial charge < -0.3 is 14.6 Å².